The number of sulfonamides is 1. The second-order valence-electron chi connectivity index (χ2n) is 4.20. The van der Waals surface area contributed by atoms with Crippen LogP contribution in [0.1, 0.15) is 26.7 Å². The second-order valence-corrected chi connectivity index (χ2v) is 6.64. The van der Waals surface area contributed by atoms with Crippen LogP contribution >= 0.6 is 23.2 Å². The largest absolute Gasteiger partial charge is 0.495 e. The zero-order valence-corrected chi connectivity index (χ0v) is 13.4. The van der Waals surface area contributed by atoms with Crippen molar-refractivity contribution in [3.63, 3.8) is 0 Å². The molecule has 0 aliphatic rings. The van der Waals surface area contributed by atoms with Crippen LogP contribution in [-0.2, 0) is 10.0 Å². The molecule has 0 saturated heterocycles. The van der Waals surface area contributed by atoms with E-state index in [0.29, 0.717) is 5.75 Å². The Hall–Kier alpha value is -0.490. The van der Waals surface area contributed by atoms with Gasteiger partial charge in [0.1, 0.15) is 15.7 Å². The summed E-state index contributed by atoms with van der Waals surface area (Å²) < 4.78 is 31.9. The molecule has 0 fully saturated rings. The molecule has 0 saturated carbocycles. The molecule has 1 atom stereocenters. The molecule has 1 N–H and O–H groups in total. The van der Waals surface area contributed by atoms with Crippen molar-refractivity contribution in [2.75, 3.05) is 7.11 Å². The highest BCUT2D eigenvalue weighted by atomic mass is 35.5. The van der Waals surface area contributed by atoms with E-state index in [0.717, 1.165) is 12.8 Å². The number of ether oxygens (including phenoxy) is 1. The molecule has 0 bridgehead atoms. The van der Waals surface area contributed by atoms with Gasteiger partial charge in [0.2, 0.25) is 10.0 Å². The summed E-state index contributed by atoms with van der Waals surface area (Å²) in [6, 6.07) is 2.70. The maximum Gasteiger partial charge on any atom is 0.242 e. The highest BCUT2D eigenvalue weighted by Crippen LogP contribution is 2.36. The molecule has 0 aromatic heterocycles. The van der Waals surface area contributed by atoms with Crippen LogP contribution in [0.3, 0.4) is 0 Å². The van der Waals surface area contributed by atoms with E-state index in [1.165, 1.54) is 19.2 Å². The Labute approximate surface area is 124 Å². The lowest BCUT2D eigenvalue weighted by molar-refractivity contribution is 0.414. The molecule has 0 spiro atoms. The van der Waals surface area contributed by atoms with Crippen LogP contribution in [0.2, 0.25) is 10.0 Å². The van der Waals surface area contributed by atoms with E-state index in [9.17, 15) is 8.42 Å². The SMILES string of the molecule is CCC[C@@H](C)NS(=O)(=O)c1ccc(OC)c(Cl)c1Cl. The Morgan fingerprint density at radius 2 is 1.95 bits per heavy atom. The standard InChI is InChI=1S/C12H17Cl2NO3S/c1-4-5-8(2)15-19(16,17)10-7-6-9(18-3)11(13)12(10)14/h6-8,15H,4-5H2,1-3H3/t8-/m1/s1. The lowest BCUT2D eigenvalue weighted by Crippen LogP contribution is -2.32. The van der Waals surface area contributed by atoms with E-state index in [2.05, 4.69) is 4.72 Å². The highest BCUT2D eigenvalue weighted by Gasteiger charge is 2.23. The van der Waals surface area contributed by atoms with Crippen LogP contribution in [0.25, 0.3) is 0 Å². The predicted molar refractivity (Wildman–Crippen MR) is 77.7 cm³/mol. The Kier molecular flexibility index (Phi) is 5.92. The van der Waals surface area contributed by atoms with Crippen molar-refractivity contribution in [2.24, 2.45) is 0 Å². The molecule has 7 heteroatoms. The number of halogens is 2. The third kappa shape index (κ3) is 3.99. The Bertz CT molecular complexity index is 546. The molecule has 0 amide bonds. The van der Waals surface area contributed by atoms with Gasteiger partial charge in [-0.05, 0) is 25.5 Å². The van der Waals surface area contributed by atoms with Gasteiger partial charge < -0.3 is 4.74 Å². The van der Waals surface area contributed by atoms with Gasteiger partial charge in [-0.25, -0.2) is 13.1 Å². The highest BCUT2D eigenvalue weighted by molar-refractivity contribution is 7.89. The monoisotopic (exact) mass is 325 g/mol. The van der Waals surface area contributed by atoms with E-state index in [1.807, 2.05) is 6.92 Å². The van der Waals surface area contributed by atoms with Gasteiger partial charge in [-0.3, -0.25) is 0 Å². The summed E-state index contributed by atoms with van der Waals surface area (Å²) in [4.78, 5) is -0.0390. The molecule has 108 valence electrons. The van der Waals surface area contributed by atoms with Gasteiger partial charge in [0.25, 0.3) is 0 Å². The van der Waals surface area contributed by atoms with Gasteiger partial charge in [0.05, 0.1) is 12.1 Å². The van der Waals surface area contributed by atoms with Crippen molar-refractivity contribution in [3.05, 3.63) is 22.2 Å². The van der Waals surface area contributed by atoms with E-state index >= 15 is 0 Å². The number of rotatable bonds is 6. The predicted octanol–water partition coefficient (Wildman–Crippen LogP) is 3.47. The summed E-state index contributed by atoms with van der Waals surface area (Å²) >= 11 is 11.9. The van der Waals surface area contributed by atoms with Gasteiger partial charge in [-0.2, -0.15) is 0 Å². The average molecular weight is 326 g/mol. The van der Waals surface area contributed by atoms with E-state index < -0.39 is 10.0 Å². The number of methoxy groups -OCH3 is 1. The Balaban J connectivity index is 3.12. The van der Waals surface area contributed by atoms with Crippen molar-refractivity contribution in [3.8, 4) is 5.75 Å². The summed E-state index contributed by atoms with van der Waals surface area (Å²) in [5, 5.41) is 0.0624. The Morgan fingerprint density at radius 1 is 1.32 bits per heavy atom. The minimum atomic E-state index is -3.68. The number of hydrogen-bond acceptors (Lipinski definition) is 3. The van der Waals surface area contributed by atoms with Gasteiger partial charge in [-0.1, -0.05) is 36.5 Å². The lowest BCUT2D eigenvalue weighted by atomic mass is 10.2. The first kappa shape index (κ1) is 16.6. The van der Waals surface area contributed by atoms with E-state index in [1.54, 1.807) is 6.92 Å². The van der Waals surface area contributed by atoms with Crippen LogP contribution in [0.4, 0.5) is 0 Å². The van der Waals surface area contributed by atoms with E-state index in [-0.39, 0.29) is 21.0 Å². The molecule has 0 aliphatic carbocycles. The first-order valence-corrected chi connectivity index (χ1v) is 8.11. The smallest absolute Gasteiger partial charge is 0.242 e. The first-order chi connectivity index (χ1) is 8.83. The van der Waals surface area contributed by atoms with Crippen LogP contribution < -0.4 is 9.46 Å². The Morgan fingerprint density at radius 3 is 2.47 bits per heavy atom. The van der Waals surface area contributed by atoms with Crippen molar-refractivity contribution in [1.82, 2.24) is 4.72 Å². The van der Waals surface area contributed by atoms with Crippen molar-refractivity contribution >= 4 is 33.2 Å². The van der Waals surface area contributed by atoms with Gasteiger partial charge in [0, 0.05) is 6.04 Å². The van der Waals surface area contributed by atoms with E-state index in [4.69, 9.17) is 27.9 Å². The molecule has 1 rings (SSSR count). The molecule has 0 unspecified atom stereocenters. The first-order valence-electron chi connectivity index (χ1n) is 5.87. The lowest BCUT2D eigenvalue weighted by Gasteiger charge is -2.15. The fourth-order valence-corrected chi connectivity index (χ4v) is 3.82. The molecular weight excluding hydrogens is 309 g/mol. The third-order valence-electron chi connectivity index (χ3n) is 2.60. The van der Waals surface area contributed by atoms with Gasteiger partial charge >= 0.3 is 0 Å². The molecule has 0 aliphatic heterocycles. The average Bonchev–Trinajstić information content (AvgIpc) is 2.31. The summed E-state index contributed by atoms with van der Waals surface area (Å²) in [5.41, 5.74) is 0. The minimum Gasteiger partial charge on any atom is -0.495 e. The van der Waals surface area contributed by atoms with Crippen LogP contribution in [0, 0.1) is 0 Å². The number of hydrogen-bond donors (Lipinski definition) is 1. The van der Waals surface area contributed by atoms with Gasteiger partial charge in [0.15, 0.2) is 0 Å². The maximum atomic E-state index is 12.2. The molecule has 4 nitrogen and oxygen atoms in total. The minimum absolute atomic E-state index is 0.0304. The molecule has 1 aromatic carbocycles. The number of nitrogens with one attached hydrogen (secondary N) is 1. The number of benzene rings is 1. The third-order valence-corrected chi connectivity index (χ3v) is 5.21. The fourth-order valence-electron chi connectivity index (χ4n) is 1.70. The summed E-state index contributed by atoms with van der Waals surface area (Å²) in [6.45, 7) is 3.79. The molecular formula is C12H17Cl2NO3S. The molecule has 0 radical (unpaired) electrons. The quantitative estimate of drug-likeness (QED) is 0.871. The molecule has 19 heavy (non-hydrogen) atoms. The second kappa shape index (κ2) is 6.79. The topological polar surface area (TPSA) is 55.4 Å². The maximum absolute atomic E-state index is 12.2. The van der Waals surface area contributed by atoms with Crippen molar-refractivity contribution in [1.29, 1.82) is 0 Å². The van der Waals surface area contributed by atoms with Crippen LogP contribution in [-0.4, -0.2) is 21.6 Å². The molecule has 1 aromatic rings. The normalized spacial score (nSPS) is 13.3. The van der Waals surface area contributed by atoms with Crippen LogP contribution in [0.15, 0.2) is 17.0 Å². The summed E-state index contributed by atoms with van der Waals surface area (Å²) in [6.07, 6.45) is 1.64. The summed E-state index contributed by atoms with van der Waals surface area (Å²) in [5.74, 6) is 0.340. The van der Waals surface area contributed by atoms with Crippen molar-refractivity contribution < 1.29 is 13.2 Å². The molecule has 0 heterocycles. The zero-order valence-electron chi connectivity index (χ0n) is 11.0. The van der Waals surface area contributed by atoms with Gasteiger partial charge in [-0.15, -0.1) is 0 Å². The van der Waals surface area contributed by atoms with Crippen LogP contribution in [0.5, 0.6) is 5.75 Å². The zero-order chi connectivity index (χ0) is 14.6. The fraction of sp³-hybridized carbons (Fsp3) is 0.500. The summed E-state index contributed by atoms with van der Waals surface area (Å²) in [7, 11) is -2.24. The van der Waals surface area contributed by atoms with Crippen molar-refractivity contribution in [2.45, 2.75) is 37.6 Å².